The number of halogens is 1. The van der Waals surface area contributed by atoms with E-state index < -0.39 is 23.8 Å². The highest BCUT2D eigenvalue weighted by Crippen LogP contribution is 2.18. The first kappa shape index (κ1) is 13.2. The number of nitrogens with one attached hydrogen (secondary N) is 1. The number of aromatic amines is 1. The Bertz CT molecular complexity index is 564. The van der Waals surface area contributed by atoms with Crippen LogP contribution in [0.25, 0.3) is 6.08 Å². The second-order valence-corrected chi connectivity index (χ2v) is 4.11. The molecule has 0 aromatic carbocycles. The van der Waals surface area contributed by atoms with Gasteiger partial charge in [0, 0.05) is 6.20 Å². The lowest BCUT2D eigenvalue weighted by Gasteiger charge is -2.12. The number of aliphatic hydroxyl groups excluding tert-OH is 1. The maximum absolute atomic E-state index is 11.7. The Kier molecular flexibility index (Phi) is 4.12. The molecule has 98 valence electrons. The third-order valence-corrected chi connectivity index (χ3v) is 2.70. The van der Waals surface area contributed by atoms with Gasteiger partial charge in [0.1, 0.15) is 0 Å². The molecule has 0 amide bonds. The van der Waals surface area contributed by atoms with Gasteiger partial charge in [-0.1, -0.05) is 15.9 Å². The molecule has 0 saturated carbocycles. The molecule has 0 aliphatic carbocycles. The monoisotopic (exact) mass is 318 g/mol. The van der Waals surface area contributed by atoms with Crippen molar-refractivity contribution in [2.24, 2.45) is 0 Å². The number of hydrogen-bond donors (Lipinski definition) is 2. The molecule has 2 heterocycles. The minimum atomic E-state index is -0.746. The van der Waals surface area contributed by atoms with Crippen LogP contribution in [0.5, 0.6) is 0 Å². The van der Waals surface area contributed by atoms with Crippen molar-refractivity contribution in [2.45, 2.75) is 12.5 Å². The van der Waals surface area contributed by atoms with Gasteiger partial charge in [-0.2, -0.15) is 0 Å². The molecule has 0 spiro atoms. The third-order valence-electron chi connectivity index (χ3n) is 2.43. The van der Waals surface area contributed by atoms with E-state index in [2.05, 4.69) is 20.9 Å². The number of ether oxygens (including phenoxy) is 2. The molecule has 2 N–H and O–H groups in total. The lowest BCUT2D eigenvalue weighted by Crippen LogP contribution is -2.34. The summed E-state index contributed by atoms with van der Waals surface area (Å²) in [4.78, 5) is 26.8. The zero-order valence-corrected chi connectivity index (χ0v) is 10.8. The van der Waals surface area contributed by atoms with Crippen LogP contribution in [0.2, 0.25) is 0 Å². The summed E-state index contributed by atoms with van der Waals surface area (Å²) in [5.74, 6) is 0. The number of aliphatic hydroxyl groups is 1. The molecule has 1 fully saturated rings. The standard InChI is InChI=1S/C10H11BrN2O5/c11-2-1-6-3-13(10(16)12-9(6)15)7-5-17-8(4-14)18-7/h1-3,7-8,14H,4-5H2,(H,12,15,16)/t7-,8+/m1/s1. The van der Waals surface area contributed by atoms with Crippen molar-refractivity contribution in [2.75, 3.05) is 13.2 Å². The minimum absolute atomic E-state index is 0.134. The van der Waals surface area contributed by atoms with Crippen LogP contribution in [-0.2, 0) is 9.47 Å². The molecule has 8 heteroatoms. The largest absolute Gasteiger partial charge is 0.391 e. The molecule has 2 rings (SSSR count). The van der Waals surface area contributed by atoms with Gasteiger partial charge in [0.05, 0.1) is 18.8 Å². The van der Waals surface area contributed by atoms with Crippen molar-refractivity contribution >= 4 is 22.0 Å². The van der Waals surface area contributed by atoms with E-state index in [4.69, 9.17) is 14.6 Å². The molecule has 1 aliphatic rings. The van der Waals surface area contributed by atoms with E-state index in [0.29, 0.717) is 5.56 Å². The molecule has 0 radical (unpaired) electrons. The molecule has 1 aromatic heterocycles. The normalized spacial score (nSPS) is 23.9. The molecule has 7 nitrogen and oxygen atoms in total. The van der Waals surface area contributed by atoms with Gasteiger partial charge in [-0.15, -0.1) is 0 Å². The van der Waals surface area contributed by atoms with Crippen molar-refractivity contribution < 1.29 is 14.6 Å². The second kappa shape index (κ2) is 5.61. The van der Waals surface area contributed by atoms with Crippen molar-refractivity contribution in [3.63, 3.8) is 0 Å². The Balaban J connectivity index is 2.36. The summed E-state index contributed by atoms with van der Waals surface area (Å²) in [6, 6.07) is 0. The summed E-state index contributed by atoms with van der Waals surface area (Å²) in [5.41, 5.74) is -0.758. The van der Waals surface area contributed by atoms with Gasteiger partial charge < -0.3 is 14.6 Å². The first-order chi connectivity index (χ1) is 8.65. The van der Waals surface area contributed by atoms with E-state index in [9.17, 15) is 9.59 Å². The summed E-state index contributed by atoms with van der Waals surface area (Å²) in [6.45, 7) is -0.155. The Morgan fingerprint density at radius 3 is 3.00 bits per heavy atom. The zero-order chi connectivity index (χ0) is 13.1. The summed E-state index contributed by atoms with van der Waals surface area (Å²) in [5, 5.41) is 8.87. The SMILES string of the molecule is O=c1[nH]c(=O)n([C@H]2CO[C@H](CO)O2)cc1C=CBr. The lowest BCUT2D eigenvalue weighted by molar-refractivity contribution is -0.0993. The van der Waals surface area contributed by atoms with Crippen LogP contribution in [0.15, 0.2) is 20.8 Å². The third kappa shape index (κ3) is 2.61. The number of nitrogens with zero attached hydrogens (tertiary/aromatic N) is 1. The fourth-order valence-electron chi connectivity index (χ4n) is 1.59. The lowest BCUT2D eigenvalue weighted by atomic mass is 10.3. The first-order valence-corrected chi connectivity index (χ1v) is 6.07. The maximum atomic E-state index is 11.7. The van der Waals surface area contributed by atoms with Crippen molar-refractivity contribution in [1.29, 1.82) is 0 Å². The molecule has 2 atom stereocenters. The highest BCUT2D eigenvalue weighted by Gasteiger charge is 2.27. The molecular formula is C10H11BrN2O5. The Morgan fingerprint density at radius 2 is 2.39 bits per heavy atom. The van der Waals surface area contributed by atoms with Gasteiger partial charge in [-0.05, 0) is 11.1 Å². The quantitative estimate of drug-likeness (QED) is 0.802. The van der Waals surface area contributed by atoms with Gasteiger partial charge in [-0.3, -0.25) is 14.3 Å². The van der Waals surface area contributed by atoms with Crippen LogP contribution in [0.4, 0.5) is 0 Å². The van der Waals surface area contributed by atoms with Crippen LogP contribution in [0.3, 0.4) is 0 Å². The summed E-state index contributed by atoms with van der Waals surface area (Å²) in [7, 11) is 0. The predicted octanol–water partition coefficient (Wildman–Crippen LogP) is -0.234. The number of H-pyrrole nitrogens is 1. The molecule has 0 bridgehead atoms. The fourth-order valence-corrected chi connectivity index (χ4v) is 1.87. The van der Waals surface area contributed by atoms with Crippen LogP contribution < -0.4 is 11.2 Å². The van der Waals surface area contributed by atoms with Gasteiger partial charge in [0.2, 0.25) is 0 Å². The summed E-state index contributed by atoms with van der Waals surface area (Å²) in [6.07, 6.45) is 1.49. The van der Waals surface area contributed by atoms with Crippen molar-refractivity contribution in [3.8, 4) is 0 Å². The first-order valence-electron chi connectivity index (χ1n) is 5.16. The van der Waals surface area contributed by atoms with Gasteiger partial charge in [-0.25, -0.2) is 4.79 Å². The molecule has 1 aliphatic heterocycles. The van der Waals surface area contributed by atoms with E-state index in [1.54, 1.807) is 0 Å². The maximum Gasteiger partial charge on any atom is 0.330 e. The van der Waals surface area contributed by atoms with Crippen molar-refractivity contribution in [3.05, 3.63) is 37.6 Å². The highest BCUT2D eigenvalue weighted by atomic mass is 79.9. The summed E-state index contributed by atoms with van der Waals surface area (Å²) < 4.78 is 11.6. The minimum Gasteiger partial charge on any atom is -0.391 e. The summed E-state index contributed by atoms with van der Waals surface area (Å²) >= 11 is 3.06. The predicted molar refractivity (Wildman–Crippen MR) is 66.2 cm³/mol. The van der Waals surface area contributed by atoms with E-state index in [1.807, 2.05) is 0 Å². The molecular weight excluding hydrogens is 308 g/mol. The zero-order valence-electron chi connectivity index (χ0n) is 9.21. The average molecular weight is 319 g/mol. The second-order valence-electron chi connectivity index (χ2n) is 3.58. The Morgan fingerprint density at radius 1 is 1.61 bits per heavy atom. The topological polar surface area (TPSA) is 93.6 Å². The molecule has 18 heavy (non-hydrogen) atoms. The van der Waals surface area contributed by atoms with E-state index in [1.165, 1.54) is 21.8 Å². The van der Waals surface area contributed by atoms with Crippen LogP contribution >= 0.6 is 15.9 Å². The highest BCUT2D eigenvalue weighted by molar-refractivity contribution is 9.11. The number of hydrogen-bond acceptors (Lipinski definition) is 5. The van der Waals surface area contributed by atoms with Crippen LogP contribution in [0, 0.1) is 0 Å². The average Bonchev–Trinajstić information content (AvgIpc) is 2.81. The molecule has 1 aromatic rings. The van der Waals surface area contributed by atoms with E-state index in [-0.39, 0.29) is 13.2 Å². The van der Waals surface area contributed by atoms with Gasteiger partial charge in [0.25, 0.3) is 5.56 Å². The Labute approximate surface area is 110 Å². The van der Waals surface area contributed by atoms with E-state index in [0.717, 1.165) is 0 Å². The number of rotatable bonds is 3. The number of aromatic nitrogens is 2. The smallest absolute Gasteiger partial charge is 0.330 e. The molecule has 0 unspecified atom stereocenters. The van der Waals surface area contributed by atoms with Crippen molar-refractivity contribution in [1.82, 2.24) is 9.55 Å². The Hall–Kier alpha value is -1.22. The fraction of sp³-hybridized carbons (Fsp3) is 0.400. The van der Waals surface area contributed by atoms with Gasteiger partial charge >= 0.3 is 5.69 Å². The van der Waals surface area contributed by atoms with Crippen LogP contribution in [0.1, 0.15) is 11.8 Å². The van der Waals surface area contributed by atoms with Crippen LogP contribution in [-0.4, -0.2) is 34.2 Å². The molecule has 1 saturated heterocycles. The van der Waals surface area contributed by atoms with E-state index >= 15 is 0 Å². The van der Waals surface area contributed by atoms with Gasteiger partial charge in [0.15, 0.2) is 12.5 Å².